The van der Waals surface area contributed by atoms with Crippen LogP contribution in [0.1, 0.15) is 36.8 Å². The molecule has 2 saturated heterocycles. The summed E-state index contributed by atoms with van der Waals surface area (Å²) in [5, 5.41) is 0. The van der Waals surface area contributed by atoms with Gasteiger partial charge in [0.05, 0.1) is 12.1 Å². The number of carbonyl (C=O) groups is 2. The van der Waals surface area contributed by atoms with Crippen molar-refractivity contribution in [3.8, 4) is 0 Å². The van der Waals surface area contributed by atoms with Crippen LogP contribution < -0.4 is 0 Å². The Kier molecular flexibility index (Phi) is 6.73. The second-order valence-electron chi connectivity index (χ2n) is 8.54. The van der Waals surface area contributed by atoms with E-state index in [0.29, 0.717) is 0 Å². The lowest BCUT2D eigenvalue weighted by atomic mass is 10.1. The molecule has 6 heteroatoms. The van der Waals surface area contributed by atoms with Crippen LogP contribution in [0.4, 0.5) is 0 Å². The van der Waals surface area contributed by atoms with E-state index in [0.717, 1.165) is 51.9 Å². The predicted octanol–water partition coefficient (Wildman–Crippen LogP) is 1.79. The van der Waals surface area contributed by atoms with Gasteiger partial charge in [-0.05, 0) is 49.9 Å². The van der Waals surface area contributed by atoms with Crippen molar-refractivity contribution in [2.45, 2.75) is 50.9 Å². The fourth-order valence-corrected chi connectivity index (χ4v) is 4.41. The number of rotatable bonds is 6. The van der Waals surface area contributed by atoms with Gasteiger partial charge in [0, 0.05) is 41.3 Å². The molecule has 6 nitrogen and oxygen atoms in total. The van der Waals surface area contributed by atoms with E-state index in [-0.39, 0.29) is 23.9 Å². The Morgan fingerprint density at radius 2 is 1.14 bits per heavy atom. The van der Waals surface area contributed by atoms with Crippen molar-refractivity contribution >= 4 is 11.8 Å². The lowest BCUT2D eigenvalue weighted by Crippen LogP contribution is -2.42. The molecular weight excluding hydrogens is 352 g/mol. The zero-order valence-corrected chi connectivity index (χ0v) is 17.7. The molecule has 3 rings (SSSR count). The topological polar surface area (TPSA) is 47.1 Å². The maximum atomic E-state index is 12.4. The smallest absolute Gasteiger partial charge is 0.239 e. The molecule has 0 aliphatic carbocycles. The van der Waals surface area contributed by atoms with E-state index in [4.69, 9.17) is 0 Å². The van der Waals surface area contributed by atoms with E-state index in [1.54, 1.807) is 9.80 Å². The maximum absolute atomic E-state index is 12.4. The Hall–Kier alpha value is -1.92. The van der Waals surface area contributed by atoms with Crippen LogP contribution in [0.25, 0.3) is 0 Å². The molecule has 0 saturated carbocycles. The molecule has 2 aliphatic heterocycles. The van der Waals surface area contributed by atoms with Crippen LogP contribution in [0.15, 0.2) is 24.3 Å². The average Bonchev–Trinajstić information content (AvgIpc) is 3.31. The van der Waals surface area contributed by atoms with Gasteiger partial charge >= 0.3 is 0 Å². The van der Waals surface area contributed by atoms with Gasteiger partial charge in [0.15, 0.2) is 0 Å². The molecule has 154 valence electrons. The lowest BCUT2D eigenvalue weighted by molar-refractivity contribution is -0.134. The largest absolute Gasteiger partial charge is 0.347 e. The van der Waals surface area contributed by atoms with Gasteiger partial charge in [0.25, 0.3) is 0 Å². The summed E-state index contributed by atoms with van der Waals surface area (Å²) < 4.78 is 0. The highest BCUT2D eigenvalue weighted by molar-refractivity contribution is 5.82. The van der Waals surface area contributed by atoms with Crippen LogP contribution >= 0.6 is 0 Å². The molecule has 1 aromatic carbocycles. The second kappa shape index (κ2) is 9.05. The first-order valence-corrected chi connectivity index (χ1v) is 10.3. The van der Waals surface area contributed by atoms with E-state index in [1.165, 1.54) is 11.1 Å². The number of hydrogen-bond donors (Lipinski definition) is 0. The average molecular weight is 387 g/mol. The third-order valence-corrected chi connectivity index (χ3v) is 5.97. The van der Waals surface area contributed by atoms with Gasteiger partial charge in [-0.25, -0.2) is 0 Å². The van der Waals surface area contributed by atoms with Crippen molar-refractivity contribution in [2.75, 3.05) is 41.3 Å². The van der Waals surface area contributed by atoms with Gasteiger partial charge in [-0.15, -0.1) is 0 Å². The summed E-state index contributed by atoms with van der Waals surface area (Å²) in [6.45, 7) is 3.59. The van der Waals surface area contributed by atoms with E-state index in [1.807, 2.05) is 28.2 Å². The second-order valence-corrected chi connectivity index (χ2v) is 8.54. The van der Waals surface area contributed by atoms with Crippen molar-refractivity contribution in [1.82, 2.24) is 19.6 Å². The monoisotopic (exact) mass is 386 g/mol. The highest BCUT2D eigenvalue weighted by Gasteiger charge is 2.32. The summed E-state index contributed by atoms with van der Waals surface area (Å²) in [6, 6.07) is 8.70. The number of hydrogen-bond acceptors (Lipinski definition) is 4. The van der Waals surface area contributed by atoms with Gasteiger partial charge in [0.2, 0.25) is 11.8 Å². The molecule has 28 heavy (non-hydrogen) atoms. The van der Waals surface area contributed by atoms with Crippen molar-refractivity contribution in [2.24, 2.45) is 0 Å². The zero-order chi connectivity index (χ0) is 20.3. The standard InChI is InChI=1S/C22H34N4O2/c1-23(2)21(27)19-7-5-13-25(19)15-17-9-11-18(12-10-17)16-26-14-6-8-20(26)22(28)24(3)4/h9-12,19-20H,5-8,13-16H2,1-4H3. The Morgan fingerprint density at radius 1 is 0.786 bits per heavy atom. The maximum Gasteiger partial charge on any atom is 0.239 e. The fraction of sp³-hybridized carbons (Fsp3) is 0.636. The molecule has 2 fully saturated rings. The normalized spacial score (nSPS) is 23.1. The summed E-state index contributed by atoms with van der Waals surface area (Å²) in [7, 11) is 7.33. The molecule has 2 aliphatic rings. The number of carbonyl (C=O) groups excluding carboxylic acids is 2. The summed E-state index contributed by atoms with van der Waals surface area (Å²) in [5.74, 6) is 0.416. The summed E-state index contributed by atoms with van der Waals surface area (Å²) in [5.41, 5.74) is 2.48. The molecule has 0 spiro atoms. The molecule has 0 radical (unpaired) electrons. The van der Waals surface area contributed by atoms with Crippen LogP contribution in [0, 0.1) is 0 Å². The number of likely N-dealkylation sites (tertiary alicyclic amines) is 2. The molecule has 1 aromatic rings. The van der Waals surface area contributed by atoms with Crippen LogP contribution in [-0.4, -0.2) is 84.8 Å². The minimum absolute atomic E-state index is 0.0112. The van der Waals surface area contributed by atoms with Crippen molar-refractivity contribution in [3.05, 3.63) is 35.4 Å². The first kappa shape index (κ1) is 20.8. The quantitative estimate of drug-likeness (QED) is 0.748. The van der Waals surface area contributed by atoms with Crippen LogP contribution in [0.3, 0.4) is 0 Å². The highest BCUT2D eigenvalue weighted by atomic mass is 16.2. The van der Waals surface area contributed by atoms with E-state index < -0.39 is 0 Å². The predicted molar refractivity (Wildman–Crippen MR) is 111 cm³/mol. The number of benzene rings is 1. The van der Waals surface area contributed by atoms with E-state index >= 15 is 0 Å². The van der Waals surface area contributed by atoms with Crippen molar-refractivity contribution < 1.29 is 9.59 Å². The zero-order valence-electron chi connectivity index (χ0n) is 17.7. The Balaban J connectivity index is 1.59. The van der Waals surface area contributed by atoms with E-state index in [9.17, 15) is 9.59 Å². The third-order valence-electron chi connectivity index (χ3n) is 5.97. The summed E-state index contributed by atoms with van der Waals surface area (Å²) in [4.78, 5) is 32.7. The molecule has 2 heterocycles. The number of likely N-dealkylation sites (N-methyl/N-ethyl adjacent to an activating group) is 2. The fourth-order valence-electron chi connectivity index (χ4n) is 4.41. The Bertz CT molecular complexity index is 627. The van der Waals surface area contributed by atoms with Gasteiger partial charge < -0.3 is 9.80 Å². The minimum atomic E-state index is 0.0112. The summed E-state index contributed by atoms with van der Waals surface area (Å²) in [6.07, 6.45) is 4.06. The minimum Gasteiger partial charge on any atom is -0.347 e. The van der Waals surface area contributed by atoms with Crippen LogP contribution in [0.2, 0.25) is 0 Å². The molecule has 2 amide bonds. The van der Waals surface area contributed by atoms with Crippen molar-refractivity contribution in [3.63, 3.8) is 0 Å². The SMILES string of the molecule is CN(C)C(=O)C1CCCN1Cc1ccc(CN2CCCC2C(=O)N(C)C)cc1. The van der Waals surface area contributed by atoms with Gasteiger partial charge in [-0.2, -0.15) is 0 Å². The summed E-state index contributed by atoms with van der Waals surface area (Å²) >= 11 is 0. The Labute approximate surface area is 169 Å². The van der Waals surface area contributed by atoms with Crippen molar-refractivity contribution in [1.29, 1.82) is 0 Å². The van der Waals surface area contributed by atoms with Crippen LogP contribution in [0.5, 0.6) is 0 Å². The molecule has 0 N–H and O–H groups in total. The van der Waals surface area contributed by atoms with E-state index in [2.05, 4.69) is 34.1 Å². The third kappa shape index (κ3) is 4.73. The Morgan fingerprint density at radius 3 is 1.46 bits per heavy atom. The molecule has 2 unspecified atom stereocenters. The first-order valence-electron chi connectivity index (χ1n) is 10.3. The van der Waals surface area contributed by atoms with Gasteiger partial charge in [-0.3, -0.25) is 19.4 Å². The molecule has 0 aromatic heterocycles. The molecular formula is C22H34N4O2. The van der Waals surface area contributed by atoms with Crippen LogP contribution in [-0.2, 0) is 22.7 Å². The van der Waals surface area contributed by atoms with Gasteiger partial charge in [-0.1, -0.05) is 24.3 Å². The first-order chi connectivity index (χ1) is 13.4. The molecule has 2 atom stereocenters. The van der Waals surface area contributed by atoms with Gasteiger partial charge in [0.1, 0.15) is 0 Å². The molecule has 0 bridgehead atoms. The number of amides is 2. The number of nitrogens with zero attached hydrogens (tertiary/aromatic N) is 4. The lowest BCUT2D eigenvalue weighted by Gasteiger charge is -2.27. The highest BCUT2D eigenvalue weighted by Crippen LogP contribution is 2.23.